The maximum atomic E-state index is 11.6. The lowest BCUT2D eigenvalue weighted by molar-refractivity contribution is 0.256. The van der Waals surface area contributed by atoms with Crippen molar-refractivity contribution in [1.82, 2.24) is 23.9 Å². The Labute approximate surface area is 238 Å². The zero-order valence-electron chi connectivity index (χ0n) is 23.8. The molecule has 0 radical (unpaired) electrons. The third-order valence-corrected chi connectivity index (χ3v) is 10.6. The number of piperidine rings is 1. The van der Waals surface area contributed by atoms with E-state index in [9.17, 15) is 16.8 Å². The van der Waals surface area contributed by atoms with Crippen LogP contribution in [0, 0.1) is 0 Å². The van der Waals surface area contributed by atoms with Gasteiger partial charge in [-0.25, -0.2) is 26.3 Å². The first-order valence-corrected chi connectivity index (χ1v) is 17.0. The van der Waals surface area contributed by atoms with Gasteiger partial charge in [-0.2, -0.15) is 0 Å². The van der Waals surface area contributed by atoms with E-state index in [1.807, 2.05) is 48.1 Å². The van der Waals surface area contributed by atoms with Crippen LogP contribution in [0.25, 0.3) is 21.8 Å². The third-order valence-electron chi connectivity index (χ3n) is 7.83. The number of hydrogen-bond donors (Lipinski definition) is 3. The highest BCUT2D eigenvalue weighted by Gasteiger charge is 2.21. The van der Waals surface area contributed by atoms with Gasteiger partial charge in [0.1, 0.15) is 0 Å². The van der Waals surface area contributed by atoms with E-state index in [0.29, 0.717) is 18.8 Å². The van der Waals surface area contributed by atoms with Gasteiger partial charge in [0.05, 0.1) is 11.5 Å². The highest BCUT2D eigenvalue weighted by molar-refractivity contribution is 7.89. The Bertz CT molecular complexity index is 1650. The van der Waals surface area contributed by atoms with Crippen LogP contribution in [0.5, 0.6) is 0 Å². The molecule has 0 unspecified atom stereocenters. The van der Waals surface area contributed by atoms with Crippen molar-refractivity contribution in [2.75, 3.05) is 45.7 Å². The fourth-order valence-electron chi connectivity index (χ4n) is 5.20. The predicted octanol–water partition coefficient (Wildman–Crippen LogP) is 3.34. The molecule has 3 heterocycles. The van der Waals surface area contributed by atoms with E-state index in [4.69, 9.17) is 0 Å². The fraction of sp³-hybridized carbons (Fsp3) is 0.448. The van der Waals surface area contributed by atoms with Crippen molar-refractivity contribution in [3.05, 3.63) is 71.5 Å². The first-order chi connectivity index (χ1) is 19.0. The lowest BCUT2D eigenvalue weighted by Crippen LogP contribution is -2.29. The second kappa shape index (κ2) is 12.9. The number of nitrogens with zero attached hydrogens (tertiary/aromatic N) is 2. The molecule has 0 atom stereocenters. The van der Waals surface area contributed by atoms with Crippen LogP contribution in [0.4, 0.5) is 0 Å². The molecule has 0 spiro atoms. The van der Waals surface area contributed by atoms with Gasteiger partial charge in [-0.1, -0.05) is 12.1 Å². The molecule has 218 valence electrons. The Morgan fingerprint density at radius 3 is 2.08 bits per heavy atom. The molecule has 11 heteroatoms. The SMILES string of the molecule is CNS(=O)(=O)CCc1ccc2[nH]cc(C3CCN(C)CC3)c2c1.CNS(=O)(=O)CCc1ccc2c(ccn2C)c1. The maximum absolute atomic E-state index is 11.6. The summed E-state index contributed by atoms with van der Waals surface area (Å²) in [6, 6.07) is 14.3. The Balaban J connectivity index is 0.000000194. The molecule has 0 amide bonds. The Morgan fingerprint density at radius 1 is 0.850 bits per heavy atom. The summed E-state index contributed by atoms with van der Waals surface area (Å²) in [5.74, 6) is 0.849. The van der Waals surface area contributed by atoms with Gasteiger partial charge in [0.2, 0.25) is 20.0 Å². The summed E-state index contributed by atoms with van der Waals surface area (Å²) >= 11 is 0. The summed E-state index contributed by atoms with van der Waals surface area (Å²) in [5, 5.41) is 2.39. The highest BCUT2D eigenvalue weighted by atomic mass is 32.2. The lowest BCUT2D eigenvalue weighted by Gasteiger charge is -2.28. The molecular weight excluding hydrogens is 546 g/mol. The number of hydrogen-bond acceptors (Lipinski definition) is 5. The predicted molar refractivity (Wildman–Crippen MR) is 164 cm³/mol. The summed E-state index contributed by atoms with van der Waals surface area (Å²) < 4.78 is 52.6. The summed E-state index contributed by atoms with van der Waals surface area (Å²) in [4.78, 5) is 5.74. The highest BCUT2D eigenvalue weighted by Crippen LogP contribution is 2.33. The van der Waals surface area contributed by atoms with Gasteiger partial charge in [0, 0.05) is 35.9 Å². The quantitative estimate of drug-likeness (QED) is 0.278. The van der Waals surface area contributed by atoms with Gasteiger partial charge in [0.15, 0.2) is 0 Å². The summed E-state index contributed by atoms with van der Waals surface area (Å²) in [7, 11) is 0.789. The minimum atomic E-state index is -3.16. The van der Waals surface area contributed by atoms with Crippen LogP contribution in [0.2, 0.25) is 0 Å². The number of sulfonamides is 2. The monoisotopic (exact) mass is 587 g/mol. The minimum absolute atomic E-state index is 0.127. The molecule has 2 aromatic heterocycles. The Morgan fingerprint density at radius 2 is 1.45 bits per heavy atom. The van der Waals surface area contributed by atoms with E-state index >= 15 is 0 Å². The number of likely N-dealkylation sites (tertiary alicyclic amines) is 1. The van der Waals surface area contributed by atoms with E-state index in [1.165, 1.54) is 37.9 Å². The topological polar surface area (TPSA) is 116 Å². The van der Waals surface area contributed by atoms with Gasteiger partial charge >= 0.3 is 0 Å². The van der Waals surface area contributed by atoms with E-state index in [0.717, 1.165) is 40.6 Å². The smallest absolute Gasteiger partial charge is 0.211 e. The molecule has 1 aliphatic rings. The number of benzene rings is 2. The summed E-state index contributed by atoms with van der Waals surface area (Å²) in [6.07, 6.45) is 7.57. The van der Waals surface area contributed by atoms with E-state index in [2.05, 4.69) is 44.7 Å². The number of H-pyrrole nitrogens is 1. The van der Waals surface area contributed by atoms with Crippen molar-refractivity contribution in [1.29, 1.82) is 0 Å². The van der Waals surface area contributed by atoms with Gasteiger partial charge in [0.25, 0.3) is 0 Å². The average molecular weight is 588 g/mol. The van der Waals surface area contributed by atoms with Crippen LogP contribution in [0.1, 0.15) is 35.4 Å². The van der Waals surface area contributed by atoms with E-state index in [1.54, 1.807) is 0 Å². The van der Waals surface area contributed by atoms with Gasteiger partial charge in [-0.05, 0) is 118 Å². The first kappa shape index (κ1) is 30.3. The molecule has 9 nitrogen and oxygen atoms in total. The zero-order valence-corrected chi connectivity index (χ0v) is 25.4. The Hall–Kier alpha value is -2.70. The van der Waals surface area contributed by atoms with Gasteiger partial charge in [-0.3, -0.25) is 0 Å². The zero-order chi connectivity index (χ0) is 28.9. The number of rotatable bonds is 9. The van der Waals surface area contributed by atoms with Crippen molar-refractivity contribution in [3.63, 3.8) is 0 Å². The summed E-state index contributed by atoms with van der Waals surface area (Å²) in [6.45, 7) is 2.27. The molecule has 0 saturated carbocycles. The molecular formula is C29H41N5O4S2. The van der Waals surface area contributed by atoms with Crippen molar-refractivity contribution in [3.8, 4) is 0 Å². The molecule has 1 saturated heterocycles. The second-order valence-corrected chi connectivity index (χ2v) is 14.7. The Kier molecular flexibility index (Phi) is 9.73. The number of aryl methyl sites for hydroxylation is 3. The molecule has 5 rings (SSSR count). The normalized spacial score (nSPS) is 15.4. The third kappa shape index (κ3) is 7.73. The molecule has 1 aliphatic heterocycles. The molecule has 2 aromatic carbocycles. The van der Waals surface area contributed by atoms with Crippen molar-refractivity contribution >= 4 is 41.9 Å². The van der Waals surface area contributed by atoms with Crippen LogP contribution in [-0.2, 0) is 39.9 Å². The standard InChI is InChI=1S/C17H25N3O2S.C12H16N2O2S/c1-18-23(21,22)10-7-13-3-4-17-15(11-13)16(12-19-17)14-5-8-20(2)9-6-14;1-13-17(15,16)8-6-10-3-4-12-11(9-10)5-7-14(12)2/h3-4,11-12,14,18-19H,5-10H2,1-2H3;3-5,7,9,13H,6,8H2,1-2H3. The number of aromatic amines is 1. The number of nitrogens with one attached hydrogen (secondary N) is 3. The molecule has 3 N–H and O–H groups in total. The van der Waals surface area contributed by atoms with Crippen LogP contribution < -0.4 is 9.44 Å². The van der Waals surface area contributed by atoms with Crippen LogP contribution in [-0.4, -0.2) is 77.0 Å². The molecule has 40 heavy (non-hydrogen) atoms. The van der Waals surface area contributed by atoms with Crippen LogP contribution in [0.3, 0.4) is 0 Å². The average Bonchev–Trinajstić information content (AvgIpc) is 3.54. The minimum Gasteiger partial charge on any atom is -0.361 e. The molecule has 0 aliphatic carbocycles. The van der Waals surface area contributed by atoms with Crippen LogP contribution in [0.15, 0.2) is 54.9 Å². The first-order valence-electron chi connectivity index (χ1n) is 13.6. The largest absolute Gasteiger partial charge is 0.361 e. The molecule has 0 bridgehead atoms. The summed E-state index contributed by atoms with van der Waals surface area (Å²) in [5.41, 5.74) is 5.79. The maximum Gasteiger partial charge on any atom is 0.211 e. The molecule has 4 aromatic rings. The number of aromatic nitrogens is 2. The van der Waals surface area contributed by atoms with E-state index in [-0.39, 0.29) is 11.5 Å². The van der Waals surface area contributed by atoms with Gasteiger partial charge in [-0.15, -0.1) is 0 Å². The van der Waals surface area contributed by atoms with Crippen molar-refractivity contribution < 1.29 is 16.8 Å². The lowest BCUT2D eigenvalue weighted by atomic mass is 9.89. The van der Waals surface area contributed by atoms with E-state index < -0.39 is 20.0 Å². The molecule has 1 fully saturated rings. The van der Waals surface area contributed by atoms with Crippen LogP contribution >= 0.6 is 0 Å². The van der Waals surface area contributed by atoms with Crippen molar-refractivity contribution in [2.24, 2.45) is 7.05 Å². The van der Waals surface area contributed by atoms with Gasteiger partial charge < -0.3 is 14.5 Å². The fourth-order valence-corrected chi connectivity index (χ4v) is 6.61. The number of fused-ring (bicyclic) bond motifs is 2. The second-order valence-electron chi connectivity index (χ2n) is 10.6. The van der Waals surface area contributed by atoms with Crippen molar-refractivity contribution in [2.45, 2.75) is 31.6 Å².